The molecule has 0 fully saturated rings. The first-order chi connectivity index (χ1) is 8.22. The summed E-state index contributed by atoms with van der Waals surface area (Å²) >= 11 is 0. The molecule has 17 heavy (non-hydrogen) atoms. The number of hydrogen-bond acceptors (Lipinski definition) is 2. The smallest absolute Gasteiger partial charge is 0.178 e. The predicted molar refractivity (Wildman–Crippen MR) is 69.0 cm³/mol. The molecule has 0 aliphatic rings. The lowest BCUT2D eigenvalue weighted by Gasteiger charge is -2.11. The van der Waals surface area contributed by atoms with E-state index in [0.717, 1.165) is 16.5 Å². The van der Waals surface area contributed by atoms with Crippen LogP contribution in [-0.4, -0.2) is 35.8 Å². The number of rotatable bonds is 4. The van der Waals surface area contributed by atoms with Gasteiger partial charge in [0.25, 0.3) is 0 Å². The second-order valence-corrected chi connectivity index (χ2v) is 4.05. The van der Waals surface area contributed by atoms with E-state index in [4.69, 9.17) is 6.42 Å². The van der Waals surface area contributed by atoms with Crippen molar-refractivity contribution < 1.29 is 4.79 Å². The van der Waals surface area contributed by atoms with Crippen molar-refractivity contribution in [3.8, 4) is 12.3 Å². The zero-order chi connectivity index (χ0) is 12.3. The normalized spacial score (nSPS) is 10.6. The van der Waals surface area contributed by atoms with Gasteiger partial charge in [-0.05, 0) is 13.1 Å². The molecule has 1 heterocycles. The minimum Gasteiger partial charge on any atom is -0.360 e. The molecule has 0 atom stereocenters. The first kappa shape index (κ1) is 11.4. The van der Waals surface area contributed by atoms with Gasteiger partial charge in [0.2, 0.25) is 0 Å². The fourth-order valence-electron chi connectivity index (χ4n) is 1.84. The topological polar surface area (TPSA) is 36.1 Å². The Labute approximate surface area is 100 Å². The average molecular weight is 226 g/mol. The molecule has 2 aromatic rings. The Morgan fingerprint density at radius 1 is 1.47 bits per heavy atom. The van der Waals surface area contributed by atoms with Gasteiger partial charge in [-0.15, -0.1) is 6.42 Å². The molecule has 0 saturated heterocycles. The number of carbonyl (C=O) groups is 1. The van der Waals surface area contributed by atoms with E-state index in [0.29, 0.717) is 13.1 Å². The van der Waals surface area contributed by atoms with Crippen LogP contribution in [0.4, 0.5) is 0 Å². The van der Waals surface area contributed by atoms with Crippen LogP contribution < -0.4 is 0 Å². The number of nitrogens with zero attached hydrogens (tertiary/aromatic N) is 1. The highest BCUT2D eigenvalue weighted by Gasteiger charge is 2.13. The molecule has 1 N–H and O–H groups in total. The fraction of sp³-hybridized carbons (Fsp3) is 0.214. The minimum atomic E-state index is 0.0835. The summed E-state index contributed by atoms with van der Waals surface area (Å²) in [4.78, 5) is 17.0. The lowest BCUT2D eigenvalue weighted by molar-refractivity contribution is 0.0954. The summed E-state index contributed by atoms with van der Waals surface area (Å²) < 4.78 is 0. The van der Waals surface area contributed by atoms with E-state index in [1.54, 1.807) is 6.20 Å². The zero-order valence-electron chi connectivity index (χ0n) is 9.73. The molecule has 1 aromatic heterocycles. The van der Waals surface area contributed by atoms with Crippen LogP contribution in [0.3, 0.4) is 0 Å². The highest BCUT2D eigenvalue weighted by Crippen LogP contribution is 2.18. The standard InChI is InChI=1S/C14H14N2O/c1-3-8-16(2)10-14(17)12-9-15-13-7-5-4-6-11(12)13/h1,4-7,9,15H,8,10H2,2H3. The zero-order valence-corrected chi connectivity index (χ0v) is 9.73. The highest BCUT2D eigenvalue weighted by atomic mass is 16.1. The summed E-state index contributed by atoms with van der Waals surface area (Å²) in [7, 11) is 1.84. The average Bonchev–Trinajstić information content (AvgIpc) is 2.72. The van der Waals surface area contributed by atoms with Gasteiger partial charge in [-0.1, -0.05) is 24.1 Å². The van der Waals surface area contributed by atoms with E-state index in [1.165, 1.54) is 0 Å². The van der Waals surface area contributed by atoms with Crippen LogP contribution in [0.1, 0.15) is 10.4 Å². The number of Topliss-reactive ketones (excluding diaryl/α,β-unsaturated/α-hetero) is 1. The summed E-state index contributed by atoms with van der Waals surface area (Å²) in [5.41, 5.74) is 1.71. The molecule has 0 aliphatic carbocycles. The first-order valence-electron chi connectivity index (χ1n) is 5.43. The summed E-state index contributed by atoms with van der Waals surface area (Å²) in [5.74, 6) is 2.60. The lowest BCUT2D eigenvalue weighted by Crippen LogP contribution is -2.26. The molecule has 0 amide bonds. The van der Waals surface area contributed by atoms with Gasteiger partial charge in [0.15, 0.2) is 5.78 Å². The number of hydrogen-bond donors (Lipinski definition) is 1. The van der Waals surface area contributed by atoms with E-state index in [2.05, 4.69) is 10.9 Å². The molecule has 0 unspecified atom stereocenters. The van der Waals surface area contributed by atoms with E-state index < -0.39 is 0 Å². The van der Waals surface area contributed by atoms with E-state index in [-0.39, 0.29) is 5.78 Å². The molecule has 86 valence electrons. The number of fused-ring (bicyclic) bond motifs is 1. The van der Waals surface area contributed by atoms with E-state index in [9.17, 15) is 4.79 Å². The Bertz CT molecular complexity index is 577. The molecular formula is C14H14N2O. The predicted octanol–water partition coefficient (Wildman–Crippen LogP) is 1.92. The second-order valence-electron chi connectivity index (χ2n) is 4.05. The molecule has 1 aromatic carbocycles. The molecule has 2 rings (SSSR count). The van der Waals surface area contributed by atoms with Crippen molar-refractivity contribution in [2.45, 2.75) is 0 Å². The Hall–Kier alpha value is -2.05. The second kappa shape index (κ2) is 4.86. The maximum absolute atomic E-state index is 12.1. The van der Waals surface area contributed by atoms with Crippen molar-refractivity contribution in [1.82, 2.24) is 9.88 Å². The molecular weight excluding hydrogens is 212 g/mol. The van der Waals surface area contributed by atoms with Gasteiger partial charge < -0.3 is 4.98 Å². The largest absolute Gasteiger partial charge is 0.360 e. The number of nitrogens with one attached hydrogen (secondary N) is 1. The quantitative estimate of drug-likeness (QED) is 0.638. The monoisotopic (exact) mass is 226 g/mol. The Morgan fingerprint density at radius 2 is 2.24 bits per heavy atom. The van der Waals surface area contributed by atoms with Crippen LogP contribution in [0.25, 0.3) is 10.9 Å². The highest BCUT2D eigenvalue weighted by molar-refractivity contribution is 6.08. The Balaban J connectivity index is 2.23. The molecule has 0 aliphatic heterocycles. The lowest BCUT2D eigenvalue weighted by atomic mass is 10.1. The van der Waals surface area contributed by atoms with Crippen LogP contribution in [0.15, 0.2) is 30.5 Å². The summed E-state index contributed by atoms with van der Waals surface area (Å²) in [6.45, 7) is 0.820. The first-order valence-corrected chi connectivity index (χ1v) is 5.43. The van der Waals surface area contributed by atoms with Gasteiger partial charge in [-0.2, -0.15) is 0 Å². The van der Waals surface area contributed by atoms with Crippen LogP contribution in [-0.2, 0) is 0 Å². The number of terminal acetylenes is 1. The third-order valence-corrected chi connectivity index (χ3v) is 2.66. The van der Waals surface area contributed by atoms with Crippen molar-refractivity contribution in [2.24, 2.45) is 0 Å². The van der Waals surface area contributed by atoms with Gasteiger partial charge in [-0.3, -0.25) is 9.69 Å². The van der Waals surface area contributed by atoms with Crippen LogP contribution in [0.2, 0.25) is 0 Å². The third kappa shape index (κ3) is 2.38. The number of para-hydroxylation sites is 1. The Kier molecular flexibility index (Phi) is 3.27. The number of H-pyrrole nitrogens is 1. The van der Waals surface area contributed by atoms with Crippen LogP contribution in [0.5, 0.6) is 0 Å². The SMILES string of the molecule is C#CCN(C)CC(=O)c1c[nH]c2ccccc12. The summed E-state index contributed by atoms with van der Waals surface area (Å²) in [6.07, 6.45) is 6.97. The molecule has 0 saturated carbocycles. The van der Waals surface area contributed by atoms with Crippen molar-refractivity contribution in [3.63, 3.8) is 0 Å². The molecule has 0 radical (unpaired) electrons. The van der Waals surface area contributed by atoms with Gasteiger partial charge >= 0.3 is 0 Å². The number of aromatic nitrogens is 1. The maximum atomic E-state index is 12.1. The molecule has 3 heteroatoms. The van der Waals surface area contributed by atoms with E-state index >= 15 is 0 Å². The molecule has 3 nitrogen and oxygen atoms in total. The molecule has 0 spiro atoms. The minimum absolute atomic E-state index is 0.0835. The third-order valence-electron chi connectivity index (χ3n) is 2.66. The number of benzene rings is 1. The van der Waals surface area contributed by atoms with Crippen molar-refractivity contribution >= 4 is 16.7 Å². The van der Waals surface area contributed by atoms with Crippen molar-refractivity contribution in [3.05, 3.63) is 36.0 Å². The van der Waals surface area contributed by atoms with Gasteiger partial charge in [0.05, 0.1) is 13.1 Å². The van der Waals surface area contributed by atoms with Crippen LogP contribution >= 0.6 is 0 Å². The van der Waals surface area contributed by atoms with Crippen molar-refractivity contribution in [2.75, 3.05) is 20.1 Å². The maximum Gasteiger partial charge on any atom is 0.178 e. The van der Waals surface area contributed by atoms with Gasteiger partial charge in [-0.25, -0.2) is 0 Å². The number of ketones is 1. The van der Waals surface area contributed by atoms with E-state index in [1.807, 2.05) is 36.2 Å². The number of aromatic amines is 1. The summed E-state index contributed by atoms with van der Waals surface area (Å²) in [6, 6.07) is 7.77. The number of carbonyl (C=O) groups excluding carboxylic acids is 1. The summed E-state index contributed by atoms with van der Waals surface area (Å²) in [5, 5.41) is 0.964. The van der Waals surface area contributed by atoms with Crippen LogP contribution in [0, 0.1) is 12.3 Å². The van der Waals surface area contributed by atoms with Gasteiger partial charge in [0, 0.05) is 22.7 Å². The van der Waals surface area contributed by atoms with Gasteiger partial charge in [0.1, 0.15) is 0 Å². The number of likely N-dealkylation sites (N-methyl/N-ethyl adjacent to an activating group) is 1. The molecule has 0 bridgehead atoms. The fourth-order valence-corrected chi connectivity index (χ4v) is 1.84. The van der Waals surface area contributed by atoms with Crippen molar-refractivity contribution in [1.29, 1.82) is 0 Å². The Morgan fingerprint density at radius 3 is 3.00 bits per heavy atom.